The maximum atomic E-state index is 13.6. The van der Waals surface area contributed by atoms with Crippen molar-refractivity contribution < 1.29 is 9.59 Å². The first-order valence-electron chi connectivity index (χ1n) is 12.1. The Morgan fingerprint density at radius 1 is 0.556 bits per heavy atom. The quantitative estimate of drug-likeness (QED) is 0.239. The molecule has 0 saturated heterocycles. The summed E-state index contributed by atoms with van der Waals surface area (Å²) < 4.78 is 0. The summed E-state index contributed by atoms with van der Waals surface area (Å²) in [5, 5.41) is 6.74. The molecule has 3 rings (SSSR count). The summed E-state index contributed by atoms with van der Waals surface area (Å²) in [6, 6.07) is 10.7. The molecule has 0 unspecified atom stereocenters. The fourth-order valence-corrected chi connectivity index (χ4v) is 5.32. The molecule has 0 amide bonds. The van der Waals surface area contributed by atoms with Crippen LogP contribution in [0.1, 0.15) is 31.8 Å². The van der Waals surface area contributed by atoms with Crippen LogP contribution >= 0.6 is 46.4 Å². The summed E-state index contributed by atoms with van der Waals surface area (Å²) in [5.74, 6) is 1.76. The van der Waals surface area contributed by atoms with E-state index < -0.39 is 0 Å². The molecule has 0 bridgehead atoms. The topological polar surface area (TPSA) is 64.7 Å². The molecule has 2 aromatic carbocycles. The fourth-order valence-electron chi connectivity index (χ4n) is 4.36. The number of ketones is 2. The van der Waals surface area contributed by atoms with E-state index in [4.69, 9.17) is 46.4 Å². The van der Waals surface area contributed by atoms with Gasteiger partial charge >= 0.3 is 0 Å². The average Bonchev–Trinajstić information content (AvgIpc) is 2.88. The third-order valence-corrected chi connectivity index (χ3v) is 6.84. The predicted molar refractivity (Wildman–Crippen MR) is 152 cm³/mol. The number of halogens is 4. The van der Waals surface area contributed by atoms with Gasteiger partial charge in [-0.2, -0.15) is 0 Å². The van der Waals surface area contributed by atoms with Gasteiger partial charge in [-0.3, -0.25) is 19.4 Å². The first kappa shape index (κ1) is 29.0. The number of nitrogens with one attached hydrogen (secondary N) is 2. The van der Waals surface area contributed by atoms with E-state index in [9.17, 15) is 9.59 Å². The van der Waals surface area contributed by atoms with Gasteiger partial charge in [-0.1, -0.05) is 24.3 Å². The number of fused-ring (bicyclic) bond motifs is 2. The van der Waals surface area contributed by atoms with Gasteiger partial charge in [0.1, 0.15) is 0 Å². The van der Waals surface area contributed by atoms with Crippen LogP contribution in [-0.4, -0.2) is 97.2 Å². The third kappa shape index (κ3) is 7.27. The molecule has 0 fully saturated rings. The summed E-state index contributed by atoms with van der Waals surface area (Å²) in [5.41, 5.74) is 2.96. The molecule has 36 heavy (non-hydrogen) atoms. The van der Waals surface area contributed by atoms with Gasteiger partial charge in [0.2, 0.25) is 0 Å². The second-order valence-electron chi connectivity index (χ2n) is 8.41. The van der Waals surface area contributed by atoms with E-state index in [2.05, 4.69) is 20.4 Å². The molecule has 0 radical (unpaired) electrons. The van der Waals surface area contributed by atoms with Gasteiger partial charge < -0.3 is 10.6 Å². The van der Waals surface area contributed by atoms with Crippen LogP contribution in [0.5, 0.6) is 0 Å². The second kappa shape index (κ2) is 15.0. The summed E-state index contributed by atoms with van der Waals surface area (Å²) in [4.78, 5) is 31.5. The summed E-state index contributed by atoms with van der Waals surface area (Å²) in [6.07, 6.45) is 0. The van der Waals surface area contributed by atoms with Crippen molar-refractivity contribution in [2.75, 3.05) is 86.5 Å². The van der Waals surface area contributed by atoms with E-state index in [0.717, 1.165) is 26.2 Å². The van der Waals surface area contributed by atoms with E-state index in [1.165, 1.54) is 0 Å². The van der Waals surface area contributed by atoms with Crippen LogP contribution in [-0.2, 0) is 0 Å². The van der Waals surface area contributed by atoms with E-state index in [0.29, 0.717) is 83.3 Å². The highest BCUT2D eigenvalue weighted by Gasteiger charge is 2.33. The number of nitrogens with zero attached hydrogens (tertiary/aromatic N) is 2. The van der Waals surface area contributed by atoms with Crippen molar-refractivity contribution in [1.82, 2.24) is 9.80 Å². The number of hydrogen-bond donors (Lipinski definition) is 2. The Morgan fingerprint density at radius 2 is 0.917 bits per heavy atom. The molecule has 2 aromatic rings. The Bertz CT molecular complexity index is 945. The van der Waals surface area contributed by atoms with Gasteiger partial charge in [0, 0.05) is 98.4 Å². The molecular formula is C26H32Cl4N4O2. The number of alkyl halides is 4. The smallest absolute Gasteiger partial charge is 0.196 e. The van der Waals surface area contributed by atoms with Crippen LogP contribution in [0.2, 0.25) is 0 Å². The largest absolute Gasteiger partial charge is 0.383 e. The summed E-state index contributed by atoms with van der Waals surface area (Å²) in [7, 11) is 0. The van der Waals surface area contributed by atoms with Crippen molar-refractivity contribution in [2.24, 2.45) is 0 Å². The Kier molecular flexibility index (Phi) is 12.1. The van der Waals surface area contributed by atoms with Crippen LogP contribution in [0, 0.1) is 0 Å². The van der Waals surface area contributed by atoms with Crippen LogP contribution in [0.25, 0.3) is 0 Å². The van der Waals surface area contributed by atoms with Crippen molar-refractivity contribution >= 4 is 69.3 Å². The average molecular weight is 574 g/mol. The van der Waals surface area contributed by atoms with Crippen molar-refractivity contribution in [3.05, 3.63) is 58.7 Å². The van der Waals surface area contributed by atoms with Gasteiger partial charge in [0.25, 0.3) is 0 Å². The maximum Gasteiger partial charge on any atom is 0.196 e. The van der Waals surface area contributed by atoms with Gasteiger partial charge in [-0.15, -0.1) is 46.4 Å². The molecule has 0 aromatic heterocycles. The van der Waals surface area contributed by atoms with Crippen molar-refractivity contribution in [1.29, 1.82) is 0 Å². The number of anilines is 2. The molecule has 0 atom stereocenters. The first-order chi connectivity index (χ1) is 17.5. The van der Waals surface area contributed by atoms with Crippen LogP contribution in [0.15, 0.2) is 36.4 Å². The van der Waals surface area contributed by atoms with Crippen LogP contribution in [0.3, 0.4) is 0 Å². The maximum absolute atomic E-state index is 13.6. The minimum Gasteiger partial charge on any atom is -0.383 e. The Morgan fingerprint density at radius 3 is 1.25 bits per heavy atom. The Labute approximate surface area is 233 Å². The van der Waals surface area contributed by atoms with Crippen LogP contribution in [0.4, 0.5) is 11.4 Å². The fraction of sp³-hybridized carbons (Fsp3) is 0.462. The molecule has 6 nitrogen and oxygen atoms in total. The van der Waals surface area contributed by atoms with Crippen molar-refractivity contribution in [3.63, 3.8) is 0 Å². The molecule has 196 valence electrons. The molecular weight excluding hydrogens is 542 g/mol. The lowest BCUT2D eigenvalue weighted by Crippen LogP contribution is -2.33. The molecule has 1 aliphatic carbocycles. The Balaban J connectivity index is 1.86. The second-order valence-corrected chi connectivity index (χ2v) is 9.92. The molecule has 10 heteroatoms. The molecule has 2 N–H and O–H groups in total. The summed E-state index contributed by atoms with van der Waals surface area (Å²) >= 11 is 23.6. The highest BCUT2D eigenvalue weighted by Crippen LogP contribution is 2.36. The molecule has 0 saturated carbocycles. The Hall–Kier alpha value is -1.54. The number of hydrogen-bond acceptors (Lipinski definition) is 6. The van der Waals surface area contributed by atoms with E-state index in [1.54, 1.807) is 24.3 Å². The summed E-state index contributed by atoms with van der Waals surface area (Å²) in [6.45, 7) is 5.51. The molecule has 0 aliphatic heterocycles. The molecule has 0 spiro atoms. The van der Waals surface area contributed by atoms with E-state index in [1.807, 2.05) is 12.1 Å². The van der Waals surface area contributed by atoms with Crippen molar-refractivity contribution in [3.8, 4) is 0 Å². The number of carbonyl (C=O) groups is 2. The SMILES string of the molecule is O=C1c2ccccc2C(=O)c2c(NCCN(CCCl)CCCl)ccc(NCCN(CCCl)CCCl)c21. The zero-order chi connectivity index (χ0) is 25.9. The number of benzene rings is 2. The number of rotatable bonds is 16. The van der Waals surface area contributed by atoms with Gasteiger partial charge in [-0.05, 0) is 12.1 Å². The zero-order valence-corrected chi connectivity index (χ0v) is 23.2. The van der Waals surface area contributed by atoms with Crippen LogP contribution < -0.4 is 10.6 Å². The van der Waals surface area contributed by atoms with E-state index in [-0.39, 0.29) is 11.6 Å². The minimum absolute atomic E-state index is 0.157. The predicted octanol–water partition coefficient (Wildman–Crippen LogP) is 4.85. The van der Waals surface area contributed by atoms with Gasteiger partial charge in [0.15, 0.2) is 11.6 Å². The first-order valence-corrected chi connectivity index (χ1v) is 14.2. The number of carbonyl (C=O) groups excluding carboxylic acids is 2. The van der Waals surface area contributed by atoms with Gasteiger partial charge in [0.05, 0.1) is 11.1 Å². The van der Waals surface area contributed by atoms with Crippen molar-refractivity contribution in [2.45, 2.75) is 0 Å². The molecule has 1 aliphatic rings. The lowest BCUT2D eigenvalue weighted by Gasteiger charge is -2.26. The van der Waals surface area contributed by atoms with E-state index >= 15 is 0 Å². The van der Waals surface area contributed by atoms with Gasteiger partial charge in [-0.25, -0.2) is 0 Å². The lowest BCUT2D eigenvalue weighted by atomic mass is 9.82. The highest BCUT2D eigenvalue weighted by molar-refractivity contribution is 6.32. The third-order valence-electron chi connectivity index (χ3n) is 6.17. The molecule has 0 heterocycles. The minimum atomic E-state index is -0.157. The lowest BCUT2D eigenvalue weighted by molar-refractivity contribution is 0.0980. The monoisotopic (exact) mass is 572 g/mol. The standard InChI is InChI=1S/C26H32Cl4N4O2/c27-7-13-33(14-8-28)17-11-31-21-5-6-22(32-12-18-34(15-9-29)16-10-30)24-23(21)25(35)19-3-1-2-4-20(19)26(24)36/h1-6,31-32H,7-18H2. The normalized spacial score (nSPS) is 12.7. The zero-order valence-electron chi connectivity index (χ0n) is 20.2. The highest BCUT2D eigenvalue weighted by atomic mass is 35.5.